The molecule has 0 spiro atoms. The van der Waals surface area contributed by atoms with Crippen LogP contribution in [-0.2, 0) is 0 Å². The molecule has 2 aromatic carbocycles. The van der Waals surface area contributed by atoms with Crippen molar-refractivity contribution in [2.75, 3.05) is 7.05 Å². The van der Waals surface area contributed by atoms with Crippen LogP contribution in [0, 0.1) is 5.82 Å². The van der Waals surface area contributed by atoms with Crippen molar-refractivity contribution < 1.29 is 9.18 Å². The van der Waals surface area contributed by atoms with Crippen molar-refractivity contribution in [2.45, 2.75) is 13.0 Å². The number of carbonyl (C=O) groups excluding carboxylic acids is 1. The fourth-order valence-electron chi connectivity index (χ4n) is 3.23. The Balaban J connectivity index is 1.92. The summed E-state index contributed by atoms with van der Waals surface area (Å²) in [5, 5.41) is 2.14. The zero-order valence-corrected chi connectivity index (χ0v) is 17.7. The van der Waals surface area contributed by atoms with Crippen LogP contribution in [0.25, 0.3) is 16.6 Å². The van der Waals surface area contributed by atoms with E-state index in [1.807, 2.05) is 5.38 Å². The zero-order valence-electron chi connectivity index (χ0n) is 16.2. The minimum Gasteiger partial charge on any atom is -0.331 e. The van der Waals surface area contributed by atoms with Crippen molar-refractivity contribution >= 4 is 39.7 Å². The summed E-state index contributed by atoms with van der Waals surface area (Å²) in [5.74, 6) is -0.404. The third kappa shape index (κ3) is 3.51. The number of amides is 1. The molecule has 0 radical (unpaired) electrons. The van der Waals surface area contributed by atoms with Gasteiger partial charge in [0.25, 0.3) is 11.5 Å². The predicted octanol–water partition coefficient (Wildman–Crippen LogP) is 5.07. The molecule has 4 rings (SSSR count). The van der Waals surface area contributed by atoms with E-state index in [1.165, 1.54) is 39.0 Å². The molecule has 0 N–H and O–H groups in total. The van der Waals surface area contributed by atoms with E-state index in [4.69, 9.17) is 11.6 Å². The largest absolute Gasteiger partial charge is 0.331 e. The Morgan fingerprint density at radius 3 is 2.67 bits per heavy atom. The number of rotatable bonds is 4. The molecule has 1 amide bonds. The molecule has 0 bridgehead atoms. The highest BCUT2D eigenvalue weighted by Crippen LogP contribution is 2.26. The zero-order chi connectivity index (χ0) is 21.4. The lowest BCUT2D eigenvalue weighted by molar-refractivity contribution is 0.0740. The molecule has 2 aromatic heterocycles. The van der Waals surface area contributed by atoms with Crippen molar-refractivity contribution in [1.29, 1.82) is 0 Å². The monoisotopic (exact) mass is 441 g/mol. The number of nitrogens with zero attached hydrogens (tertiary/aromatic N) is 3. The van der Waals surface area contributed by atoms with E-state index in [-0.39, 0.29) is 16.5 Å². The summed E-state index contributed by atoms with van der Waals surface area (Å²) in [5.41, 5.74) is 0.580. The molecule has 8 heteroatoms. The minimum absolute atomic E-state index is 0.103. The van der Waals surface area contributed by atoms with Crippen molar-refractivity contribution in [3.63, 3.8) is 0 Å². The van der Waals surface area contributed by atoms with Gasteiger partial charge in [-0.15, -0.1) is 11.3 Å². The number of halogens is 2. The molecular weight excluding hydrogens is 425 g/mol. The lowest BCUT2D eigenvalue weighted by Crippen LogP contribution is -2.34. The van der Waals surface area contributed by atoms with E-state index in [1.54, 1.807) is 50.4 Å². The van der Waals surface area contributed by atoms with Gasteiger partial charge in [-0.3, -0.25) is 14.2 Å². The first-order valence-electron chi connectivity index (χ1n) is 9.16. The van der Waals surface area contributed by atoms with Crippen LogP contribution in [0.1, 0.15) is 28.5 Å². The summed E-state index contributed by atoms with van der Waals surface area (Å²) >= 11 is 7.32. The highest BCUT2D eigenvalue weighted by Gasteiger charge is 2.25. The first-order chi connectivity index (χ1) is 14.4. The Morgan fingerprint density at radius 1 is 1.20 bits per heavy atom. The van der Waals surface area contributed by atoms with E-state index in [0.29, 0.717) is 27.3 Å². The van der Waals surface area contributed by atoms with Crippen LogP contribution >= 0.6 is 22.9 Å². The molecule has 152 valence electrons. The van der Waals surface area contributed by atoms with Crippen LogP contribution in [0.15, 0.2) is 64.8 Å². The maximum atomic E-state index is 13.7. The Kier molecular flexibility index (Phi) is 5.40. The molecule has 1 atom stereocenters. The minimum atomic E-state index is -0.582. The van der Waals surface area contributed by atoms with Gasteiger partial charge in [0, 0.05) is 7.05 Å². The molecule has 30 heavy (non-hydrogen) atoms. The second kappa shape index (κ2) is 8.01. The van der Waals surface area contributed by atoms with Gasteiger partial charge in [-0.05, 0) is 48.7 Å². The van der Waals surface area contributed by atoms with Gasteiger partial charge < -0.3 is 4.90 Å². The second-order valence-corrected chi connectivity index (χ2v) is 8.15. The van der Waals surface area contributed by atoms with Gasteiger partial charge in [-0.2, -0.15) is 0 Å². The Morgan fingerprint density at radius 2 is 1.97 bits per heavy atom. The van der Waals surface area contributed by atoms with Gasteiger partial charge in [0.1, 0.15) is 11.6 Å². The lowest BCUT2D eigenvalue weighted by atomic mass is 10.2. The van der Waals surface area contributed by atoms with Crippen LogP contribution in [0.5, 0.6) is 0 Å². The molecule has 1 unspecified atom stereocenters. The second-order valence-electron chi connectivity index (χ2n) is 6.80. The van der Waals surface area contributed by atoms with E-state index in [2.05, 4.69) is 4.98 Å². The molecule has 2 heterocycles. The number of aromatic nitrogens is 2. The highest BCUT2D eigenvalue weighted by atomic mass is 35.5. The lowest BCUT2D eigenvalue weighted by Gasteiger charge is -2.26. The number of para-hydroxylation sites is 1. The van der Waals surface area contributed by atoms with E-state index >= 15 is 0 Å². The quantitative estimate of drug-likeness (QED) is 0.444. The molecule has 0 fully saturated rings. The van der Waals surface area contributed by atoms with E-state index < -0.39 is 11.9 Å². The molecule has 0 saturated heterocycles. The number of hydrogen-bond donors (Lipinski definition) is 0. The molecule has 4 aromatic rings. The molecular formula is C22H17ClFN3O2S. The number of carbonyl (C=O) groups is 1. The topological polar surface area (TPSA) is 55.2 Å². The molecule has 0 aliphatic heterocycles. The standard InChI is InChI=1S/C22H17ClFN3O2S/c1-13(26(2)22(29)19-8-5-11-30-19)20-25-18-7-4-3-6-15(18)21(28)27(20)14-9-10-17(24)16(23)12-14/h3-13H,1-2H3. The van der Waals surface area contributed by atoms with Gasteiger partial charge in [-0.1, -0.05) is 29.8 Å². The van der Waals surface area contributed by atoms with E-state index in [0.717, 1.165) is 0 Å². The predicted molar refractivity (Wildman–Crippen MR) is 117 cm³/mol. The number of hydrogen-bond acceptors (Lipinski definition) is 4. The SMILES string of the molecule is CC(c1nc2ccccc2c(=O)n1-c1ccc(F)c(Cl)c1)N(C)C(=O)c1cccs1. The van der Waals surface area contributed by atoms with Crippen molar-refractivity contribution in [3.8, 4) is 5.69 Å². The van der Waals surface area contributed by atoms with Gasteiger partial charge >= 0.3 is 0 Å². The van der Waals surface area contributed by atoms with Gasteiger partial charge in [0.2, 0.25) is 0 Å². The van der Waals surface area contributed by atoms with Crippen LogP contribution in [-0.4, -0.2) is 27.4 Å². The summed E-state index contributed by atoms with van der Waals surface area (Å²) in [4.78, 5) is 33.0. The van der Waals surface area contributed by atoms with Crippen LogP contribution in [0.2, 0.25) is 5.02 Å². The molecule has 0 saturated carbocycles. The Hall–Kier alpha value is -3.03. The molecule has 0 aliphatic rings. The number of thiophene rings is 1. The van der Waals surface area contributed by atoms with Crippen molar-refractivity contribution in [1.82, 2.24) is 14.5 Å². The first-order valence-corrected chi connectivity index (χ1v) is 10.4. The van der Waals surface area contributed by atoms with Crippen LogP contribution in [0.3, 0.4) is 0 Å². The summed E-state index contributed by atoms with van der Waals surface area (Å²) in [7, 11) is 1.66. The van der Waals surface area contributed by atoms with Gasteiger partial charge in [0.05, 0.1) is 32.5 Å². The number of benzene rings is 2. The van der Waals surface area contributed by atoms with Gasteiger partial charge in [-0.25, -0.2) is 9.37 Å². The summed E-state index contributed by atoms with van der Waals surface area (Å²) in [6, 6.07) is 14.0. The third-order valence-electron chi connectivity index (χ3n) is 4.97. The fraction of sp³-hybridized carbons (Fsp3) is 0.136. The third-order valence-corrected chi connectivity index (χ3v) is 6.12. The average Bonchev–Trinajstić information content (AvgIpc) is 3.29. The van der Waals surface area contributed by atoms with E-state index in [9.17, 15) is 14.0 Å². The summed E-state index contributed by atoms with van der Waals surface area (Å²) in [6.45, 7) is 1.80. The number of fused-ring (bicyclic) bond motifs is 1. The Labute approximate surface area is 181 Å². The van der Waals surface area contributed by atoms with Crippen molar-refractivity contribution in [3.05, 3.63) is 91.9 Å². The summed E-state index contributed by atoms with van der Waals surface area (Å²) < 4.78 is 15.1. The van der Waals surface area contributed by atoms with Gasteiger partial charge in [0.15, 0.2) is 0 Å². The average molecular weight is 442 g/mol. The van der Waals surface area contributed by atoms with Crippen LogP contribution < -0.4 is 5.56 Å². The Bertz CT molecular complexity index is 1300. The summed E-state index contributed by atoms with van der Waals surface area (Å²) in [6.07, 6.45) is 0. The highest BCUT2D eigenvalue weighted by molar-refractivity contribution is 7.12. The van der Waals surface area contributed by atoms with Crippen molar-refractivity contribution in [2.24, 2.45) is 0 Å². The maximum absolute atomic E-state index is 13.7. The normalized spacial score (nSPS) is 12.1. The molecule has 5 nitrogen and oxygen atoms in total. The fourth-order valence-corrected chi connectivity index (χ4v) is 4.11. The van der Waals surface area contributed by atoms with Crippen LogP contribution in [0.4, 0.5) is 4.39 Å². The maximum Gasteiger partial charge on any atom is 0.266 e. The first kappa shape index (κ1) is 20.3. The smallest absolute Gasteiger partial charge is 0.266 e. The molecule has 0 aliphatic carbocycles.